The number of nitrogens with zero attached hydrogens (tertiary/aromatic N) is 8. The maximum absolute atomic E-state index is 11.4. The smallest absolute Gasteiger partial charge is 0.219 e. The Labute approximate surface area is 251 Å². The highest BCUT2D eigenvalue weighted by Crippen LogP contribution is 2.27. The molecule has 6 heterocycles. The van der Waals surface area contributed by atoms with Gasteiger partial charge < -0.3 is 9.80 Å². The molecular formula is C28H32ClIN8O2. The third-order valence-corrected chi connectivity index (χ3v) is 8.34. The number of amides is 2. The molecule has 40 heavy (non-hydrogen) atoms. The molecule has 12 heteroatoms. The van der Waals surface area contributed by atoms with E-state index in [1.54, 1.807) is 19.9 Å². The summed E-state index contributed by atoms with van der Waals surface area (Å²) in [5.41, 5.74) is 3.56. The Morgan fingerprint density at radius 3 is 1.93 bits per heavy atom. The molecule has 210 valence electrons. The van der Waals surface area contributed by atoms with Gasteiger partial charge >= 0.3 is 0 Å². The maximum Gasteiger partial charge on any atom is 0.219 e. The summed E-state index contributed by atoms with van der Waals surface area (Å²) in [4.78, 5) is 35.2. The van der Waals surface area contributed by atoms with Gasteiger partial charge in [0.1, 0.15) is 5.15 Å². The lowest BCUT2D eigenvalue weighted by molar-refractivity contribution is -0.130. The van der Waals surface area contributed by atoms with Crippen LogP contribution in [0.1, 0.15) is 51.6 Å². The molecule has 2 aliphatic rings. The average Bonchev–Trinajstić information content (AvgIpc) is 3.63. The third-order valence-electron chi connectivity index (χ3n) is 7.58. The second kappa shape index (κ2) is 12.6. The van der Waals surface area contributed by atoms with E-state index in [9.17, 15) is 9.59 Å². The van der Waals surface area contributed by atoms with Crippen LogP contribution in [0.5, 0.6) is 0 Å². The highest BCUT2D eigenvalue weighted by Gasteiger charge is 2.23. The number of carbonyl (C=O) groups excluding carboxylic acids is 2. The van der Waals surface area contributed by atoms with Gasteiger partial charge in [-0.05, 0) is 66.5 Å². The van der Waals surface area contributed by atoms with Crippen LogP contribution in [0.15, 0.2) is 49.2 Å². The van der Waals surface area contributed by atoms with E-state index in [1.165, 1.54) is 3.57 Å². The van der Waals surface area contributed by atoms with Crippen molar-refractivity contribution in [1.82, 2.24) is 39.3 Å². The molecule has 4 aromatic rings. The molecule has 10 nitrogen and oxygen atoms in total. The number of pyridine rings is 2. The second-order valence-corrected chi connectivity index (χ2v) is 11.9. The minimum atomic E-state index is 0.146. The number of carbonyl (C=O) groups is 2. The molecule has 2 fully saturated rings. The van der Waals surface area contributed by atoms with E-state index in [4.69, 9.17) is 11.6 Å². The monoisotopic (exact) mass is 674 g/mol. The zero-order chi connectivity index (χ0) is 28.2. The summed E-state index contributed by atoms with van der Waals surface area (Å²) in [7, 11) is 0. The molecule has 0 aliphatic carbocycles. The first-order valence-corrected chi connectivity index (χ1v) is 14.9. The summed E-state index contributed by atoms with van der Waals surface area (Å²) < 4.78 is 5.20. The van der Waals surface area contributed by atoms with Crippen molar-refractivity contribution in [3.05, 3.63) is 57.9 Å². The van der Waals surface area contributed by atoms with Crippen LogP contribution in [0, 0.1) is 3.57 Å². The van der Waals surface area contributed by atoms with E-state index in [0.717, 1.165) is 74.0 Å². The van der Waals surface area contributed by atoms with Crippen molar-refractivity contribution in [1.29, 1.82) is 0 Å². The molecule has 2 aliphatic heterocycles. The summed E-state index contributed by atoms with van der Waals surface area (Å²) >= 11 is 8.24. The predicted molar refractivity (Wildman–Crippen MR) is 162 cm³/mol. The maximum atomic E-state index is 11.4. The van der Waals surface area contributed by atoms with Crippen molar-refractivity contribution in [3.8, 4) is 11.1 Å². The van der Waals surface area contributed by atoms with Gasteiger partial charge in [0.25, 0.3) is 0 Å². The summed E-state index contributed by atoms with van der Waals surface area (Å²) in [6, 6.07) is 6.37. The SMILES string of the molecule is CC(=O)N1CCC(n2cc(-c3cnc4ccc(Cl)nc4c3)cn2)CC1.CC(=O)N1CCC(n2cc(I)cn2)CC1. The number of aromatic nitrogens is 6. The van der Waals surface area contributed by atoms with Crippen molar-refractivity contribution in [2.24, 2.45) is 0 Å². The van der Waals surface area contributed by atoms with Gasteiger partial charge in [0.05, 0.1) is 39.1 Å². The first kappa shape index (κ1) is 28.5. The highest BCUT2D eigenvalue weighted by molar-refractivity contribution is 14.1. The molecule has 0 atom stereocenters. The predicted octanol–water partition coefficient (Wildman–Crippen LogP) is 5.00. The molecule has 2 saturated heterocycles. The van der Waals surface area contributed by atoms with Gasteiger partial charge in [-0.15, -0.1) is 0 Å². The van der Waals surface area contributed by atoms with E-state index in [1.807, 2.05) is 56.1 Å². The quantitative estimate of drug-likeness (QED) is 0.224. The number of likely N-dealkylation sites (tertiary alicyclic amines) is 2. The number of rotatable bonds is 3. The van der Waals surface area contributed by atoms with Crippen LogP contribution >= 0.6 is 34.2 Å². The van der Waals surface area contributed by atoms with E-state index in [0.29, 0.717) is 17.2 Å². The zero-order valence-corrected chi connectivity index (χ0v) is 25.5. The first-order chi connectivity index (χ1) is 19.3. The lowest BCUT2D eigenvalue weighted by Crippen LogP contribution is -2.37. The van der Waals surface area contributed by atoms with Crippen LogP contribution in [0.25, 0.3) is 22.2 Å². The standard InChI is InChI=1S/C18H18ClN5O.C10H14IN3O/c1-12(25)23-6-4-15(5-7-23)24-11-14(10-21-24)13-8-17-16(20-9-13)2-3-18(19)22-17;1-8(15)13-4-2-10(3-5-13)14-7-9(11)6-12-14/h2-3,8-11,15H,4-7H2,1H3;6-7,10H,2-5H2,1H3. The van der Waals surface area contributed by atoms with Gasteiger partial charge in [-0.2, -0.15) is 10.2 Å². The van der Waals surface area contributed by atoms with Crippen molar-refractivity contribution < 1.29 is 9.59 Å². The number of halogens is 2. The van der Waals surface area contributed by atoms with Crippen LogP contribution < -0.4 is 0 Å². The van der Waals surface area contributed by atoms with Crippen LogP contribution in [-0.2, 0) is 9.59 Å². The molecule has 0 unspecified atom stereocenters. The van der Waals surface area contributed by atoms with Gasteiger partial charge in [0, 0.05) is 69.7 Å². The molecule has 6 rings (SSSR count). The van der Waals surface area contributed by atoms with Gasteiger partial charge in [-0.3, -0.25) is 23.9 Å². The lowest BCUT2D eigenvalue weighted by atomic mass is 10.1. The largest absolute Gasteiger partial charge is 0.343 e. The fraction of sp³-hybridized carbons (Fsp3) is 0.429. The summed E-state index contributed by atoms with van der Waals surface area (Å²) in [6.07, 6.45) is 13.5. The normalized spacial score (nSPS) is 16.6. The van der Waals surface area contributed by atoms with Crippen LogP contribution in [0.2, 0.25) is 5.15 Å². The summed E-state index contributed by atoms with van der Waals surface area (Å²) in [5, 5.41) is 9.30. The Hall–Kier alpha value is -3.06. The Kier molecular flexibility index (Phi) is 8.99. The van der Waals surface area contributed by atoms with E-state index in [2.05, 4.69) is 49.0 Å². The molecular weight excluding hydrogens is 643 g/mol. The zero-order valence-electron chi connectivity index (χ0n) is 22.6. The summed E-state index contributed by atoms with van der Waals surface area (Å²) in [5.74, 6) is 0.330. The van der Waals surface area contributed by atoms with Crippen LogP contribution in [0.3, 0.4) is 0 Å². The van der Waals surface area contributed by atoms with Crippen LogP contribution in [0.4, 0.5) is 0 Å². The lowest BCUT2D eigenvalue weighted by Gasteiger charge is -2.31. The number of piperidine rings is 2. The third kappa shape index (κ3) is 6.80. The Bertz CT molecular complexity index is 1490. The van der Waals surface area contributed by atoms with Gasteiger partial charge in [0.15, 0.2) is 0 Å². The molecule has 0 bridgehead atoms. The van der Waals surface area contributed by atoms with Crippen molar-refractivity contribution >= 4 is 57.0 Å². The van der Waals surface area contributed by atoms with Gasteiger partial charge in [0.2, 0.25) is 11.8 Å². The Balaban J connectivity index is 0.000000184. The Morgan fingerprint density at radius 2 is 1.38 bits per heavy atom. The van der Waals surface area contributed by atoms with E-state index >= 15 is 0 Å². The molecule has 0 N–H and O–H groups in total. The number of hydrogen-bond donors (Lipinski definition) is 0. The first-order valence-electron chi connectivity index (χ1n) is 13.4. The van der Waals surface area contributed by atoms with E-state index in [-0.39, 0.29) is 11.8 Å². The van der Waals surface area contributed by atoms with Crippen molar-refractivity contribution in [2.75, 3.05) is 26.2 Å². The van der Waals surface area contributed by atoms with Gasteiger partial charge in [-0.25, -0.2) is 4.98 Å². The number of fused-ring (bicyclic) bond motifs is 1. The summed E-state index contributed by atoms with van der Waals surface area (Å²) in [6.45, 7) is 6.55. The van der Waals surface area contributed by atoms with Crippen molar-refractivity contribution in [3.63, 3.8) is 0 Å². The van der Waals surface area contributed by atoms with Gasteiger partial charge in [-0.1, -0.05) is 11.6 Å². The van der Waals surface area contributed by atoms with Crippen molar-refractivity contribution in [2.45, 2.75) is 51.6 Å². The second-order valence-electron chi connectivity index (χ2n) is 10.2. The molecule has 0 saturated carbocycles. The average molecular weight is 675 g/mol. The minimum Gasteiger partial charge on any atom is -0.343 e. The minimum absolute atomic E-state index is 0.146. The molecule has 4 aromatic heterocycles. The molecule has 2 amide bonds. The fourth-order valence-corrected chi connectivity index (χ4v) is 5.80. The van der Waals surface area contributed by atoms with E-state index < -0.39 is 0 Å². The topological polar surface area (TPSA) is 102 Å². The molecule has 0 aromatic carbocycles. The number of hydrogen-bond acceptors (Lipinski definition) is 6. The molecule has 0 radical (unpaired) electrons. The highest BCUT2D eigenvalue weighted by atomic mass is 127. The Morgan fingerprint density at radius 1 is 0.800 bits per heavy atom. The fourth-order valence-electron chi connectivity index (χ4n) is 5.23. The molecule has 0 spiro atoms. The van der Waals surface area contributed by atoms with Crippen LogP contribution in [-0.4, -0.2) is 77.3 Å².